The average Bonchev–Trinajstić information content (AvgIpc) is 2.34. The van der Waals surface area contributed by atoms with E-state index in [2.05, 4.69) is 32.5 Å². The van der Waals surface area contributed by atoms with Gasteiger partial charge in [0, 0.05) is 10.2 Å². The molecule has 5 heteroatoms. The van der Waals surface area contributed by atoms with E-state index in [0.29, 0.717) is 5.56 Å². The topological polar surface area (TPSA) is 64.9 Å². The van der Waals surface area contributed by atoms with Crippen molar-refractivity contribution >= 4 is 27.5 Å². The van der Waals surface area contributed by atoms with Gasteiger partial charge in [-0.3, -0.25) is 4.79 Å². The number of hydrogen-bond acceptors (Lipinski definition) is 3. The first kappa shape index (κ1) is 13.1. The van der Waals surface area contributed by atoms with Crippen LogP contribution in [0.2, 0.25) is 0 Å². The molecule has 0 fully saturated rings. The summed E-state index contributed by atoms with van der Waals surface area (Å²) in [6.45, 7) is 0.348. The van der Waals surface area contributed by atoms with Gasteiger partial charge >= 0.3 is 0 Å². The molecule has 0 saturated carbocycles. The van der Waals surface area contributed by atoms with Gasteiger partial charge in [-0.2, -0.15) is 5.26 Å². The quantitative estimate of drug-likeness (QED) is 0.826. The van der Waals surface area contributed by atoms with Crippen LogP contribution >= 0.6 is 15.9 Å². The summed E-state index contributed by atoms with van der Waals surface area (Å²) in [6.07, 6.45) is 5.02. The largest absolute Gasteiger partial charge is 0.375 e. The smallest absolute Gasteiger partial charge is 0.240 e. The molecule has 0 aliphatic rings. The summed E-state index contributed by atoms with van der Waals surface area (Å²) in [5, 5.41) is 14.2. The lowest BCUT2D eigenvalue weighted by molar-refractivity contribution is -0.119. The van der Waals surface area contributed by atoms with Crippen molar-refractivity contribution in [3.8, 4) is 18.4 Å². The van der Waals surface area contributed by atoms with Crippen LogP contribution < -0.4 is 10.6 Å². The molecule has 0 unspecified atom stereocenters. The summed E-state index contributed by atoms with van der Waals surface area (Å²) < 4.78 is 0.737. The van der Waals surface area contributed by atoms with E-state index in [0.717, 1.165) is 10.2 Å². The monoisotopic (exact) mass is 291 g/mol. The van der Waals surface area contributed by atoms with Gasteiger partial charge in [-0.15, -0.1) is 6.42 Å². The Labute approximate surface area is 108 Å². The standard InChI is InChI=1S/C12H10BrN3O/c1-2-5-15-12(17)8-16-11-4-3-9(7-14)6-10(11)13/h1,3-4,6,16H,5,8H2,(H,15,17). The predicted octanol–water partition coefficient (Wildman–Crippen LogP) is 1.48. The van der Waals surface area contributed by atoms with Crippen LogP contribution in [0.5, 0.6) is 0 Å². The van der Waals surface area contributed by atoms with Crippen LogP contribution in [0.25, 0.3) is 0 Å². The van der Waals surface area contributed by atoms with Gasteiger partial charge in [-0.25, -0.2) is 0 Å². The van der Waals surface area contributed by atoms with Crippen LogP contribution in [0.3, 0.4) is 0 Å². The number of carbonyl (C=O) groups is 1. The van der Waals surface area contributed by atoms with E-state index in [1.165, 1.54) is 0 Å². The minimum absolute atomic E-state index is 0.131. The van der Waals surface area contributed by atoms with Crippen LogP contribution in [0, 0.1) is 23.7 Å². The van der Waals surface area contributed by atoms with Crippen molar-refractivity contribution in [2.24, 2.45) is 0 Å². The van der Waals surface area contributed by atoms with E-state index in [-0.39, 0.29) is 19.0 Å². The molecule has 2 N–H and O–H groups in total. The molecule has 0 aliphatic carbocycles. The first-order chi connectivity index (χ1) is 8.17. The van der Waals surface area contributed by atoms with Gasteiger partial charge in [-0.1, -0.05) is 5.92 Å². The second-order valence-corrected chi connectivity index (χ2v) is 4.00. The van der Waals surface area contributed by atoms with Gasteiger partial charge in [0.25, 0.3) is 0 Å². The number of terminal acetylenes is 1. The number of carbonyl (C=O) groups excluding carboxylic acids is 1. The Morgan fingerprint density at radius 2 is 2.29 bits per heavy atom. The molecule has 0 saturated heterocycles. The van der Waals surface area contributed by atoms with Crippen molar-refractivity contribution in [2.45, 2.75) is 0 Å². The zero-order chi connectivity index (χ0) is 12.7. The Morgan fingerprint density at radius 1 is 1.53 bits per heavy atom. The molecule has 0 aromatic heterocycles. The number of hydrogen-bond donors (Lipinski definition) is 2. The van der Waals surface area contributed by atoms with E-state index in [4.69, 9.17) is 11.7 Å². The highest BCUT2D eigenvalue weighted by atomic mass is 79.9. The number of nitrogens with one attached hydrogen (secondary N) is 2. The number of rotatable bonds is 4. The van der Waals surface area contributed by atoms with Crippen LogP contribution in [0.4, 0.5) is 5.69 Å². The number of anilines is 1. The third-order valence-electron chi connectivity index (χ3n) is 1.93. The van der Waals surface area contributed by atoms with Crippen LogP contribution in [0.1, 0.15) is 5.56 Å². The molecular weight excluding hydrogens is 282 g/mol. The SMILES string of the molecule is C#CCNC(=O)CNc1ccc(C#N)cc1Br. The van der Waals surface area contributed by atoms with Crippen molar-refractivity contribution in [1.82, 2.24) is 5.32 Å². The molecule has 1 rings (SSSR count). The van der Waals surface area contributed by atoms with E-state index in [1.807, 2.05) is 6.07 Å². The second-order valence-electron chi connectivity index (χ2n) is 3.14. The molecule has 1 aromatic carbocycles. The predicted molar refractivity (Wildman–Crippen MR) is 69.2 cm³/mol. The zero-order valence-corrected chi connectivity index (χ0v) is 10.5. The van der Waals surface area contributed by atoms with E-state index in [9.17, 15) is 4.79 Å². The lowest BCUT2D eigenvalue weighted by Crippen LogP contribution is -2.30. The maximum Gasteiger partial charge on any atom is 0.240 e. The first-order valence-corrected chi connectivity index (χ1v) is 5.60. The lowest BCUT2D eigenvalue weighted by atomic mass is 10.2. The maximum absolute atomic E-state index is 11.3. The van der Waals surface area contributed by atoms with Gasteiger partial charge in [-0.05, 0) is 34.1 Å². The minimum Gasteiger partial charge on any atom is -0.375 e. The van der Waals surface area contributed by atoms with Crippen LogP contribution in [-0.2, 0) is 4.79 Å². The highest BCUT2D eigenvalue weighted by Gasteiger charge is 2.03. The third-order valence-corrected chi connectivity index (χ3v) is 2.58. The van der Waals surface area contributed by atoms with Gasteiger partial charge in [0.15, 0.2) is 0 Å². The van der Waals surface area contributed by atoms with Crippen LogP contribution in [0.15, 0.2) is 22.7 Å². The van der Waals surface area contributed by atoms with Crippen molar-refractivity contribution in [1.29, 1.82) is 5.26 Å². The van der Waals surface area contributed by atoms with Crippen molar-refractivity contribution < 1.29 is 4.79 Å². The molecule has 1 amide bonds. The molecule has 1 aromatic rings. The maximum atomic E-state index is 11.3. The third kappa shape index (κ3) is 4.18. The fraction of sp³-hybridized carbons (Fsp3) is 0.167. The molecule has 0 heterocycles. The Bertz CT molecular complexity index is 499. The minimum atomic E-state index is -0.181. The normalized spacial score (nSPS) is 8.88. The van der Waals surface area contributed by atoms with Crippen molar-refractivity contribution in [3.63, 3.8) is 0 Å². The molecule has 0 spiro atoms. The molecule has 0 radical (unpaired) electrons. The Hall–Kier alpha value is -1.98. The molecule has 0 bridgehead atoms. The Balaban J connectivity index is 2.56. The zero-order valence-electron chi connectivity index (χ0n) is 8.96. The molecular formula is C12H10BrN3O. The summed E-state index contributed by atoms with van der Waals surface area (Å²) >= 11 is 3.31. The second kappa shape index (κ2) is 6.57. The number of amides is 1. The summed E-state index contributed by atoms with van der Waals surface area (Å²) in [7, 11) is 0. The summed E-state index contributed by atoms with van der Waals surface area (Å²) in [4.78, 5) is 11.3. The van der Waals surface area contributed by atoms with Crippen LogP contribution in [-0.4, -0.2) is 19.0 Å². The van der Waals surface area contributed by atoms with Gasteiger partial charge < -0.3 is 10.6 Å². The number of nitrogens with zero attached hydrogens (tertiary/aromatic N) is 1. The molecule has 86 valence electrons. The van der Waals surface area contributed by atoms with E-state index in [1.54, 1.807) is 18.2 Å². The Kier molecular flexibility index (Phi) is 5.06. The molecule has 17 heavy (non-hydrogen) atoms. The summed E-state index contributed by atoms with van der Waals surface area (Å²) in [5.41, 5.74) is 1.30. The van der Waals surface area contributed by atoms with Gasteiger partial charge in [0.2, 0.25) is 5.91 Å². The summed E-state index contributed by atoms with van der Waals surface area (Å²) in [5.74, 6) is 2.14. The number of halogens is 1. The highest BCUT2D eigenvalue weighted by molar-refractivity contribution is 9.10. The van der Waals surface area contributed by atoms with Gasteiger partial charge in [0.05, 0.1) is 24.7 Å². The fourth-order valence-corrected chi connectivity index (χ4v) is 1.63. The number of nitriles is 1. The number of benzene rings is 1. The van der Waals surface area contributed by atoms with Gasteiger partial charge in [0.1, 0.15) is 0 Å². The molecule has 0 atom stereocenters. The molecule has 4 nitrogen and oxygen atoms in total. The highest BCUT2D eigenvalue weighted by Crippen LogP contribution is 2.22. The van der Waals surface area contributed by atoms with Crippen molar-refractivity contribution in [3.05, 3.63) is 28.2 Å². The Morgan fingerprint density at radius 3 is 2.88 bits per heavy atom. The lowest BCUT2D eigenvalue weighted by Gasteiger charge is -2.08. The first-order valence-electron chi connectivity index (χ1n) is 4.81. The van der Waals surface area contributed by atoms with E-state index < -0.39 is 0 Å². The van der Waals surface area contributed by atoms with Crippen molar-refractivity contribution in [2.75, 3.05) is 18.4 Å². The summed E-state index contributed by atoms with van der Waals surface area (Å²) in [6, 6.07) is 7.12. The molecule has 0 aliphatic heterocycles. The average molecular weight is 292 g/mol. The van der Waals surface area contributed by atoms with E-state index >= 15 is 0 Å². The fourth-order valence-electron chi connectivity index (χ4n) is 1.12.